The van der Waals surface area contributed by atoms with Gasteiger partial charge in [0.25, 0.3) is 5.91 Å². The van der Waals surface area contributed by atoms with Gasteiger partial charge in [0.15, 0.2) is 0 Å². The lowest BCUT2D eigenvalue weighted by Gasteiger charge is -2.09. The molecule has 0 aliphatic rings. The number of nitrogens with zero attached hydrogens (tertiary/aromatic N) is 2. The summed E-state index contributed by atoms with van der Waals surface area (Å²) in [5.41, 5.74) is 1.80. The topological polar surface area (TPSA) is 46.9 Å². The maximum absolute atomic E-state index is 12.3. The highest BCUT2D eigenvalue weighted by Crippen LogP contribution is 2.31. The van der Waals surface area contributed by atoms with Crippen molar-refractivity contribution >= 4 is 39.1 Å². The predicted octanol–water partition coefficient (Wildman–Crippen LogP) is 4.58. The smallest absolute Gasteiger partial charge is 0.261 e. The first kappa shape index (κ1) is 16.0. The summed E-state index contributed by atoms with van der Waals surface area (Å²) in [6.07, 6.45) is 0.909. The fourth-order valence-corrected chi connectivity index (χ4v) is 3.61. The lowest BCUT2D eigenvalue weighted by atomic mass is 10.2. The lowest BCUT2D eigenvalue weighted by Crippen LogP contribution is -2.31. The van der Waals surface area contributed by atoms with Crippen LogP contribution >= 0.6 is 22.9 Å². The number of hydrogen-bond acceptors (Lipinski definition) is 3. The van der Waals surface area contributed by atoms with Gasteiger partial charge >= 0.3 is 0 Å². The summed E-state index contributed by atoms with van der Waals surface area (Å²) in [4.78, 5) is 14.0. The Morgan fingerprint density at radius 1 is 1.43 bits per heavy atom. The van der Waals surface area contributed by atoms with E-state index in [1.807, 2.05) is 48.9 Å². The molecule has 1 amide bonds. The molecule has 0 aliphatic carbocycles. The second-order valence-electron chi connectivity index (χ2n) is 5.59. The summed E-state index contributed by atoms with van der Waals surface area (Å²) in [6, 6.07) is 9.63. The van der Waals surface area contributed by atoms with E-state index in [9.17, 15) is 4.79 Å². The number of rotatable bonds is 4. The first-order valence-electron chi connectivity index (χ1n) is 7.55. The number of hydrogen-bond donors (Lipinski definition) is 1. The van der Waals surface area contributed by atoms with E-state index in [4.69, 9.17) is 11.6 Å². The average Bonchev–Trinajstić information content (AvgIpc) is 3.08. The molecule has 0 bridgehead atoms. The molecule has 23 heavy (non-hydrogen) atoms. The molecule has 0 fully saturated rings. The fraction of sp³-hybridized carbons (Fsp3) is 0.294. The third-order valence-corrected chi connectivity index (χ3v) is 5.16. The van der Waals surface area contributed by atoms with Crippen molar-refractivity contribution in [3.63, 3.8) is 0 Å². The maximum atomic E-state index is 12.3. The van der Waals surface area contributed by atoms with Crippen LogP contribution in [0.5, 0.6) is 0 Å². The summed E-state index contributed by atoms with van der Waals surface area (Å²) in [5.74, 6) is -0.0300. The van der Waals surface area contributed by atoms with Crippen molar-refractivity contribution in [2.75, 3.05) is 0 Å². The van der Waals surface area contributed by atoms with Gasteiger partial charge in [0.1, 0.15) is 4.83 Å². The average molecular weight is 348 g/mol. The highest BCUT2D eigenvalue weighted by atomic mass is 35.5. The number of thiophene rings is 1. The van der Waals surface area contributed by atoms with Gasteiger partial charge in [-0.25, -0.2) is 4.68 Å². The molecule has 3 rings (SSSR count). The zero-order chi connectivity index (χ0) is 16.6. The highest BCUT2D eigenvalue weighted by molar-refractivity contribution is 7.20. The number of carbonyl (C=O) groups excluding carboxylic acids is 1. The normalized spacial score (nSPS) is 12.5. The predicted molar refractivity (Wildman–Crippen MR) is 95.9 cm³/mol. The van der Waals surface area contributed by atoms with Crippen LogP contribution in [0.3, 0.4) is 0 Å². The number of benzene rings is 1. The molecular weight excluding hydrogens is 330 g/mol. The molecule has 1 atom stereocenters. The Labute approximate surface area is 144 Å². The van der Waals surface area contributed by atoms with Gasteiger partial charge in [0.05, 0.1) is 16.3 Å². The minimum atomic E-state index is -0.0300. The van der Waals surface area contributed by atoms with Gasteiger partial charge in [0.2, 0.25) is 0 Å². The number of amides is 1. The van der Waals surface area contributed by atoms with Crippen LogP contribution in [0.2, 0.25) is 5.02 Å². The minimum absolute atomic E-state index is 0.0300. The van der Waals surface area contributed by atoms with Gasteiger partial charge in [-0.15, -0.1) is 11.3 Å². The van der Waals surface area contributed by atoms with Crippen LogP contribution in [0.4, 0.5) is 0 Å². The molecule has 2 aromatic heterocycles. The summed E-state index contributed by atoms with van der Waals surface area (Å²) in [5, 5.41) is 9.25. The molecule has 2 heterocycles. The Bertz CT molecular complexity index is 868. The summed E-state index contributed by atoms with van der Waals surface area (Å²) >= 11 is 7.53. The number of halogens is 1. The van der Waals surface area contributed by atoms with Crippen LogP contribution in [0.1, 0.15) is 35.6 Å². The van der Waals surface area contributed by atoms with Gasteiger partial charge in [0, 0.05) is 16.5 Å². The van der Waals surface area contributed by atoms with E-state index in [0.717, 1.165) is 28.0 Å². The molecule has 4 nitrogen and oxygen atoms in total. The van der Waals surface area contributed by atoms with Gasteiger partial charge in [-0.1, -0.05) is 24.6 Å². The lowest BCUT2D eigenvalue weighted by molar-refractivity contribution is 0.0943. The first-order valence-corrected chi connectivity index (χ1v) is 8.75. The zero-order valence-corrected chi connectivity index (χ0v) is 14.8. The van der Waals surface area contributed by atoms with E-state index in [-0.39, 0.29) is 11.9 Å². The van der Waals surface area contributed by atoms with Gasteiger partial charge in [-0.3, -0.25) is 4.79 Å². The summed E-state index contributed by atoms with van der Waals surface area (Å²) < 4.78 is 1.85. The van der Waals surface area contributed by atoms with Crippen LogP contribution in [0.15, 0.2) is 30.3 Å². The van der Waals surface area contributed by atoms with Crippen LogP contribution in [0.25, 0.3) is 15.9 Å². The summed E-state index contributed by atoms with van der Waals surface area (Å²) in [6.45, 7) is 6.01. The number of aryl methyl sites for hydroxylation is 1. The van der Waals surface area contributed by atoms with Gasteiger partial charge < -0.3 is 5.32 Å². The minimum Gasteiger partial charge on any atom is -0.349 e. The van der Waals surface area contributed by atoms with E-state index >= 15 is 0 Å². The Hall–Kier alpha value is -1.85. The zero-order valence-electron chi connectivity index (χ0n) is 13.3. The Morgan fingerprint density at radius 3 is 2.91 bits per heavy atom. The molecule has 1 unspecified atom stereocenters. The van der Waals surface area contributed by atoms with Crippen LogP contribution in [-0.2, 0) is 0 Å². The number of carbonyl (C=O) groups is 1. The molecule has 120 valence electrons. The second-order valence-corrected chi connectivity index (χ2v) is 7.06. The monoisotopic (exact) mass is 347 g/mol. The molecular formula is C17H18ClN3OS. The van der Waals surface area contributed by atoms with Crippen molar-refractivity contribution < 1.29 is 4.79 Å². The van der Waals surface area contributed by atoms with E-state index in [1.54, 1.807) is 0 Å². The van der Waals surface area contributed by atoms with E-state index in [1.165, 1.54) is 11.3 Å². The van der Waals surface area contributed by atoms with E-state index in [0.29, 0.717) is 9.90 Å². The SMILES string of the molecule is CCC(C)NC(=O)c1cc2c(C)nn(-c3cccc(Cl)c3)c2s1. The molecule has 0 saturated carbocycles. The molecule has 0 aliphatic heterocycles. The quantitative estimate of drug-likeness (QED) is 0.751. The first-order chi connectivity index (χ1) is 11.0. The Morgan fingerprint density at radius 2 is 2.22 bits per heavy atom. The van der Waals surface area contributed by atoms with Crippen molar-refractivity contribution in [3.8, 4) is 5.69 Å². The Balaban J connectivity index is 2.03. The fourth-order valence-electron chi connectivity index (χ4n) is 2.34. The van der Waals surface area contributed by atoms with E-state index < -0.39 is 0 Å². The van der Waals surface area contributed by atoms with Crippen LogP contribution in [-0.4, -0.2) is 21.7 Å². The number of fused-ring (bicyclic) bond motifs is 1. The highest BCUT2D eigenvalue weighted by Gasteiger charge is 2.18. The number of nitrogens with one attached hydrogen (secondary N) is 1. The number of aromatic nitrogens is 2. The van der Waals surface area contributed by atoms with Crippen molar-refractivity contribution in [1.29, 1.82) is 0 Å². The van der Waals surface area contributed by atoms with Gasteiger partial charge in [-0.2, -0.15) is 5.10 Å². The molecule has 1 N–H and O–H groups in total. The largest absolute Gasteiger partial charge is 0.349 e. The molecule has 0 saturated heterocycles. The summed E-state index contributed by atoms with van der Waals surface area (Å²) in [7, 11) is 0. The third-order valence-electron chi connectivity index (χ3n) is 3.81. The van der Waals surface area contributed by atoms with Crippen LogP contribution < -0.4 is 5.32 Å². The van der Waals surface area contributed by atoms with E-state index in [2.05, 4.69) is 17.3 Å². The van der Waals surface area contributed by atoms with Crippen molar-refractivity contribution in [3.05, 3.63) is 45.9 Å². The molecule has 0 radical (unpaired) electrons. The van der Waals surface area contributed by atoms with Crippen molar-refractivity contribution in [2.45, 2.75) is 33.2 Å². The van der Waals surface area contributed by atoms with Crippen molar-refractivity contribution in [2.24, 2.45) is 0 Å². The van der Waals surface area contributed by atoms with Crippen LogP contribution in [0, 0.1) is 6.92 Å². The second kappa shape index (κ2) is 6.34. The standard InChI is InChI=1S/C17H18ClN3OS/c1-4-10(2)19-16(22)15-9-14-11(3)20-21(17(14)23-15)13-7-5-6-12(18)8-13/h5-10H,4H2,1-3H3,(H,19,22). The third kappa shape index (κ3) is 3.12. The molecule has 0 spiro atoms. The van der Waals surface area contributed by atoms with Crippen molar-refractivity contribution in [1.82, 2.24) is 15.1 Å². The molecule has 6 heteroatoms. The molecule has 1 aromatic carbocycles. The Kier molecular flexibility index (Phi) is 4.41. The molecule has 3 aromatic rings. The van der Waals surface area contributed by atoms with Gasteiger partial charge in [-0.05, 0) is 44.5 Å². The maximum Gasteiger partial charge on any atom is 0.261 e.